The van der Waals surface area contributed by atoms with Gasteiger partial charge in [0.15, 0.2) is 5.82 Å². The van der Waals surface area contributed by atoms with Crippen LogP contribution in [0.2, 0.25) is 0 Å². The van der Waals surface area contributed by atoms with E-state index >= 15 is 8.78 Å². The smallest absolute Gasteiger partial charge is 0.410 e. The number of terminal acetylenes is 1. The Hall–Kier alpha value is -5.47. The fourth-order valence-corrected chi connectivity index (χ4v) is 10.2. The summed E-state index contributed by atoms with van der Waals surface area (Å²) in [6.07, 6.45) is 10.7. The Balaban J connectivity index is 1.05. The molecule has 4 aliphatic heterocycles. The third-order valence-electron chi connectivity index (χ3n) is 12.3. The van der Waals surface area contributed by atoms with E-state index in [1.807, 2.05) is 30.6 Å². The Labute approximate surface area is 352 Å². The molecule has 3 aromatic carbocycles. The molecule has 6 heterocycles. The van der Waals surface area contributed by atoms with Gasteiger partial charge in [-0.1, -0.05) is 42.3 Å². The molecule has 4 atom stereocenters. The van der Waals surface area contributed by atoms with E-state index in [9.17, 15) is 17.8 Å². The molecule has 0 saturated carbocycles. The second-order valence-electron chi connectivity index (χ2n) is 17.5. The minimum Gasteiger partial charge on any atom is -0.461 e. The second-order valence-corrected chi connectivity index (χ2v) is 18.9. The molecule has 9 rings (SSSR count). The van der Waals surface area contributed by atoms with E-state index in [-0.39, 0.29) is 65.2 Å². The molecule has 13 nitrogen and oxygen atoms in total. The average molecular weight is 853 g/mol. The van der Waals surface area contributed by atoms with Crippen LogP contribution in [-0.2, 0) is 26.2 Å². The molecule has 0 radical (unpaired) electrons. The van der Waals surface area contributed by atoms with Crippen molar-refractivity contribution in [3.05, 3.63) is 83.6 Å². The number of fused-ring (bicyclic) bond motifs is 5. The fourth-order valence-electron chi connectivity index (χ4n) is 9.68. The summed E-state index contributed by atoms with van der Waals surface area (Å²) in [5.41, 5.74) is -0.211. The van der Waals surface area contributed by atoms with Crippen LogP contribution in [0.15, 0.2) is 65.7 Å². The highest BCUT2D eigenvalue weighted by molar-refractivity contribution is 7.85. The lowest BCUT2D eigenvalue weighted by atomic mass is 9.94. The van der Waals surface area contributed by atoms with E-state index in [2.05, 4.69) is 15.8 Å². The third kappa shape index (κ3) is 7.73. The van der Waals surface area contributed by atoms with Gasteiger partial charge in [0, 0.05) is 36.8 Å². The largest absolute Gasteiger partial charge is 0.461 e. The van der Waals surface area contributed by atoms with Crippen LogP contribution in [0.5, 0.6) is 6.01 Å². The number of nitrogens with zero attached hydrogens (tertiary/aromatic N) is 6. The highest BCUT2D eigenvalue weighted by Gasteiger charge is 2.50. The summed E-state index contributed by atoms with van der Waals surface area (Å²) < 4.78 is 83.8. The monoisotopic (exact) mass is 852 g/mol. The minimum absolute atomic E-state index is 0.00553. The van der Waals surface area contributed by atoms with Gasteiger partial charge in [-0.2, -0.15) is 18.4 Å². The van der Waals surface area contributed by atoms with Crippen LogP contribution in [0.1, 0.15) is 64.0 Å². The summed E-state index contributed by atoms with van der Waals surface area (Å²) in [7, 11) is -4.35. The van der Waals surface area contributed by atoms with Crippen molar-refractivity contribution in [1.82, 2.24) is 24.8 Å². The summed E-state index contributed by atoms with van der Waals surface area (Å²) in [5, 5.41) is 1.35. The van der Waals surface area contributed by atoms with Crippen LogP contribution in [0.4, 0.5) is 19.4 Å². The van der Waals surface area contributed by atoms with Crippen molar-refractivity contribution in [2.24, 2.45) is 0 Å². The van der Waals surface area contributed by atoms with E-state index in [0.717, 1.165) is 32.2 Å². The molecule has 318 valence electrons. The molecule has 61 heavy (non-hydrogen) atoms. The van der Waals surface area contributed by atoms with Crippen molar-refractivity contribution < 1.29 is 40.8 Å². The summed E-state index contributed by atoms with van der Waals surface area (Å²) in [6, 6.07) is 13.7. The number of pyridine rings is 1. The van der Waals surface area contributed by atoms with E-state index in [0.29, 0.717) is 59.2 Å². The molecule has 4 saturated heterocycles. The number of rotatable bonds is 9. The van der Waals surface area contributed by atoms with Gasteiger partial charge < -0.3 is 19.1 Å². The number of amides is 1. The molecule has 5 aromatic rings. The first kappa shape index (κ1) is 40.9. The first-order valence-corrected chi connectivity index (χ1v) is 21.9. The molecular formula is C45H46F2N6O7S. The predicted octanol–water partition coefficient (Wildman–Crippen LogP) is 7.14. The Kier molecular flexibility index (Phi) is 10.4. The van der Waals surface area contributed by atoms with Gasteiger partial charge in [0.1, 0.15) is 35.1 Å². The van der Waals surface area contributed by atoms with Gasteiger partial charge >= 0.3 is 12.1 Å². The maximum Gasteiger partial charge on any atom is 0.410 e. The summed E-state index contributed by atoms with van der Waals surface area (Å²) in [4.78, 5) is 33.6. The zero-order chi connectivity index (χ0) is 42.8. The predicted molar refractivity (Wildman–Crippen MR) is 224 cm³/mol. The van der Waals surface area contributed by atoms with Crippen LogP contribution in [0, 0.1) is 24.0 Å². The van der Waals surface area contributed by atoms with E-state index in [1.54, 1.807) is 36.4 Å². The van der Waals surface area contributed by atoms with Crippen LogP contribution in [0.25, 0.3) is 32.9 Å². The molecule has 4 aliphatic rings. The highest BCUT2D eigenvalue weighted by Crippen LogP contribution is 2.42. The Morgan fingerprint density at radius 2 is 1.82 bits per heavy atom. The van der Waals surface area contributed by atoms with Gasteiger partial charge in [-0.25, -0.2) is 13.6 Å². The van der Waals surface area contributed by atoms with Crippen molar-refractivity contribution in [1.29, 1.82) is 0 Å². The summed E-state index contributed by atoms with van der Waals surface area (Å²) in [5.74, 6) is 1.51. The number of carbonyl (C=O) groups is 1. The maximum absolute atomic E-state index is 17.2. The Morgan fingerprint density at radius 1 is 1.05 bits per heavy atom. The van der Waals surface area contributed by atoms with Gasteiger partial charge in [0.25, 0.3) is 10.1 Å². The van der Waals surface area contributed by atoms with Crippen molar-refractivity contribution >= 4 is 43.7 Å². The second kappa shape index (κ2) is 15.5. The molecule has 0 spiro atoms. The average Bonchev–Trinajstić information content (AvgIpc) is 3.86. The lowest BCUT2D eigenvalue weighted by Crippen LogP contribution is -2.57. The number of ether oxygens (including phenoxy) is 3. The van der Waals surface area contributed by atoms with Crippen LogP contribution in [0.3, 0.4) is 0 Å². The molecular weight excluding hydrogens is 807 g/mol. The molecule has 4 fully saturated rings. The van der Waals surface area contributed by atoms with Crippen LogP contribution < -0.4 is 9.64 Å². The van der Waals surface area contributed by atoms with Crippen molar-refractivity contribution in [3.63, 3.8) is 0 Å². The quantitative estimate of drug-likeness (QED) is 0.119. The van der Waals surface area contributed by atoms with Crippen molar-refractivity contribution in [2.75, 3.05) is 37.7 Å². The lowest BCUT2D eigenvalue weighted by Gasteiger charge is -2.42. The third-order valence-corrected chi connectivity index (χ3v) is 13.2. The number of hydrogen-bond donors (Lipinski definition) is 1. The molecule has 1 N–H and O–H groups in total. The van der Waals surface area contributed by atoms with Crippen LogP contribution in [-0.4, -0.2) is 106 Å². The number of piperazine rings is 1. The minimum atomic E-state index is -4.35. The number of hydrogen-bond acceptors (Lipinski definition) is 11. The normalized spacial score (nSPS) is 22.8. The Morgan fingerprint density at radius 3 is 2.56 bits per heavy atom. The fraction of sp³-hybridized carbons (Fsp3) is 0.422. The van der Waals surface area contributed by atoms with Gasteiger partial charge in [-0.05, 0) is 88.6 Å². The first-order chi connectivity index (χ1) is 29.1. The topological polar surface area (TPSA) is 148 Å². The number of anilines is 1. The number of carbonyl (C=O) groups excluding carboxylic acids is 1. The maximum atomic E-state index is 17.2. The first-order valence-electron chi connectivity index (χ1n) is 20.5. The molecule has 1 amide bonds. The summed E-state index contributed by atoms with van der Waals surface area (Å²) in [6.45, 7) is 8.17. The summed E-state index contributed by atoms with van der Waals surface area (Å²) >= 11 is 0. The van der Waals surface area contributed by atoms with Gasteiger partial charge in [-0.3, -0.25) is 19.3 Å². The molecule has 2 aromatic heterocycles. The number of benzene rings is 3. The zero-order valence-corrected chi connectivity index (χ0v) is 34.9. The zero-order valence-electron chi connectivity index (χ0n) is 34.1. The van der Waals surface area contributed by atoms with E-state index < -0.39 is 32.9 Å². The number of aromatic nitrogens is 3. The van der Waals surface area contributed by atoms with Crippen molar-refractivity contribution in [2.45, 2.75) is 93.7 Å². The van der Waals surface area contributed by atoms with Gasteiger partial charge in [0.2, 0.25) is 0 Å². The molecule has 2 bridgehead atoms. The van der Waals surface area contributed by atoms with Gasteiger partial charge in [-0.15, -0.1) is 6.42 Å². The van der Waals surface area contributed by atoms with Gasteiger partial charge in [0.05, 0.1) is 46.2 Å². The highest BCUT2D eigenvalue weighted by atomic mass is 32.2. The number of halogens is 2. The van der Waals surface area contributed by atoms with Crippen LogP contribution >= 0.6 is 0 Å². The van der Waals surface area contributed by atoms with E-state index in [1.165, 1.54) is 24.4 Å². The standard InChI is InChI=1S/C45H46F2N6O7S/c1-5-33-36(46)16-13-28-10-7-12-34(37(28)33)39-38(47)40-35(21-48-39)41(51-22-29-14-15-30(23-51)53(29)43(54)60-44(2,3)4)50-42(49-40)59-26-45-17-8-18-52(45)24-31(20-45)58-25-27-9-6-11-32(19-27)61(55,56)57/h1,6-7,9-13,16,19,21,29-31H,8,14-15,17-18,20,22-26H2,2-4H3,(H,55,56,57)/t29-,30+,31-,45-/m0/s1. The molecule has 0 unspecified atom stereocenters. The molecule has 0 aliphatic carbocycles. The SMILES string of the molecule is C#Cc1c(F)ccc2cccc(-c3ncc4c(N5C[C@H]6CC[C@@H](C5)N6C(=O)OC(C)(C)C)nc(OC[C@@]56CCCN5C[C@@H](OCc5cccc(S(=O)(=O)O)c5)C6)nc4c3F)c12. The Bertz CT molecular complexity index is 2710. The van der Waals surface area contributed by atoms with Crippen molar-refractivity contribution in [3.8, 4) is 29.6 Å². The lowest BCUT2D eigenvalue weighted by molar-refractivity contribution is 0.0122. The van der Waals surface area contributed by atoms with E-state index in [4.69, 9.17) is 30.6 Å². The molecule has 16 heteroatoms.